The van der Waals surface area contributed by atoms with Crippen molar-refractivity contribution < 1.29 is 23.9 Å². The number of methoxy groups -OCH3 is 2. The number of nitrogens with zero attached hydrogens (tertiary/aromatic N) is 2. The van der Waals surface area contributed by atoms with Crippen LogP contribution in [0.5, 0.6) is 11.5 Å². The molecule has 0 bridgehead atoms. The lowest BCUT2D eigenvalue weighted by atomic mass is 9.82. The van der Waals surface area contributed by atoms with E-state index in [4.69, 9.17) is 15.2 Å². The van der Waals surface area contributed by atoms with E-state index in [0.717, 1.165) is 25.7 Å². The van der Waals surface area contributed by atoms with Gasteiger partial charge in [0.1, 0.15) is 17.5 Å². The number of hydrogen-bond donors (Lipinski definition) is 2. The molecule has 4 rings (SSSR count). The van der Waals surface area contributed by atoms with Gasteiger partial charge >= 0.3 is 0 Å². The van der Waals surface area contributed by atoms with Gasteiger partial charge in [0.2, 0.25) is 11.8 Å². The van der Waals surface area contributed by atoms with Crippen LogP contribution >= 0.6 is 0 Å². The molecule has 1 saturated carbocycles. The van der Waals surface area contributed by atoms with Gasteiger partial charge < -0.3 is 25.4 Å². The second-order valence-corrected chi connectivity index (χ2v) is 9.64. The van der Waals surface area contributed by atoms with Gasteiger partial charge in [-0.15, -0.1) is 0 Å². The molecule has 1 aliphatic carbocycles. The van der Waals surface area contributed by atoms with Gasteiger partial charge in [0, 0.05) is 43.9 Å². The summed E-state index contributed by atoms with van der Waals surface area (Å²) in [6.45, 7) is 2.49. The average molecular weight is 509 g/mol. The smallest absolute Gasteiger partial charge is 0.254 e. The monoisotopic (exact) mass is 508 g/mol. The molecule has 198 valence electrons. The van der Waals surface area contributed by atoms with Gasteiger partial charge in [-0.2, -0.15) is 0 Å². The van der Waals surface area contributed by atoms with Gasteiger partial charge in [-0.3, -0.25) is 19.3 Å². The van der Waals surface area contributed by atoms with Crippen molar-refractivity contribution in [1.29, 1.82) is 0 Å². The van der Waals surface area contributed by atoms with Crippen LogP contribution in [0.3, 0.4) is 0 Å². The molecule has 2 fully saturated rings. The van der Waals surface area contributed by atoms with Crippen LogP contribution in [0.25, 0.3) is 0 Å². The molecule has 37 heavy (non-hydrogen) atoms. The molecule has 9 heteroatoms. The van der Waals surface area contributed by atoms with E-state index in [0.29, 0.717) is 48.8 Å². The molecule has 1 aliphatic heterocycles. The second kappa shape index (κ2) is 12.1. The lowest BCUT2D eigenvalue weighted by Crippen LogP contribution is -2.56. The molecule has 0 spiro atoms. The fourth-order valence-corrected chi connectivity index (χ4v) is 5.44. The highest BCUT2D eigenvalue weighted by atomic mass is 16.5. The number of ether oxygens (including phenoxy) is 2. The molecule has 3 N–H and O–H groups in total. The first-order valence-corrected chi connectivity index (χ1v) is 12.8. The van der Waals surface area contributed by atoms with Gasteiger partial charge in [0.15, 0.2) is 0 Å². The first-order valence-electron chi connectivity index (χ1n) is 12.8. The Morgan fingerprint density at radius 3 is 2.14 bits per heavy atom. The summed E-state index contributed by atoms with van der Waals surface area (Å²) < 4.78 is 10.6. The Kier molecular flexibility index (Phi) is 8.66. The van der Waals surface area contributed by atoms with Gasteiger partial charge in [0.25, 0.3) is 5.91 Å². The van der Waals surface area contributed by atoms with Crippen LogP contribution in [0, 0.1) is 5.92 Å². The number of benzene rings is 2. The first-order chi connectivity index (χ1) is 17.9. The number of rotatable bonds is 8. The third-order valence-corrected chi connectivity index (χ3v) is 7.44. The SMILES string of the molecule is COc1cc(OC)cc(C(=O)N2CCN([C@@H]3CCCC[C@H]3C(=O)N[C@H](C(N)=O)c3ccccc3)CC2)c1. The molecule has 2 aromatic rings. The molecule has 2 aliphatic rings. The van der Waals surface area contributed by atoms with E-state index in [1.807, 2.05) is 23.1 Å². The van der Waals surface area contributed by atoms with Crippen molar-refractivity contribution in [2.75, 3.05) is 40.4 Å². The number of amides is 3. The van der Waals surface area contributed by atoms with Crippen molar-refractivity contribution in [1.82, 2.24) is 15.1 Å². The van der Waals surface area contributed by atoms with Crippen molar-refractivity contribution in [3.05, 3.63) is 59.7 Å². The molecule has 0 unspecified atom stereocenters. The van der Waals surface area contributed by atoms with Gasteiger partial charge in [0.05, 0.1) is 20.1 Å². The highest BCUT2D eigenvalue weighted by Crippen LogP contribution is 2.31. The first kappa shape index (κ1) is 26.5. The Hall–Kier alpha value is -3.59. The van der Waals surface area contributed by atoms with Crippen molar-refractivity contribution in [3.63, 3.8) is 0 Å². The number of piperazine rings is 1. The molecule has 3 amide bonds. The molecule has 9 nitrogen and oxygen atoms in total. The van der Waals surface area contributed by atoms with Gasteiger partial charge in [-0.05, 0) is 30.5 Å². The molecular formula is C28H36N4O5. The number of nitrogens with two attached hydrogens (primary N) is 1. The number of carbonyl (C=O) groups excluding carboxylic acids is 3. The topological polar surface area (TPSA) is 114 Å². The fraction of sp³-hybridized carbons (Fsp3) is 0.464. The predicted octanol–water partition coefficient (Wildman–Crippen LogP) is 2.36. The lowest BCUT2D eigenvalue weighted by Gasteiger charge is -2.44. The van der Waals surface area contributed by atoms with E-state index < -0.39 is 11.9 Å². The molecule has 0 radical (unpaired) electrons. The number of carbonyl (C=O) groups is 3. The summed E-state index contributed by atoms with van der Waals surface area (Å²) in [4.78, 5) is 42.9. The van der Waals surface area contributed by atoms with Crippen LogP contribution in [-0.2, 0) is 9.59 Å². The fourth-order valence-electron chi connectivity index (χ4n) is 5.44. The minimum Gasteiger partial charge on any atom is -0.497 e. The van der Waals surface area contributed by atoms with Crippen LogP contribution in [0.4, 0.5) is 0 Å². The van der Waals surface area contributed by atoms with Gasteiger partial charge in [-0.1, -0.05) is 43.2 Å². The van der Waals surface area contributed by atoms with Crippen molar-refractivity contribution in [3.8, 4) is 11.5 Å². The van der Waals surface area contributed by atoms with Crippen LogP contribution in [0.1, 0.15) is 47.6 Å². The standard InChI is InChI=1S/C28H36N4O5/c1-36-21-16-20(17-22(18-21)37-2)28(35)32-14-12-31(13-15-32)24-11-7-6-10-23(24)27(34)30-25(26(29)33)19-8-4-3-5-9-19/h3-5,8-9,16-18,23-25H,6-7,10-15H2,1-2H3,(H2,29,33)(H,30,34)/t23-,24-,25+/m1/s1. The summed E-state index contributed by atoms with van der Waals surface area (Å²) in [5.41, 5.74) is 6.84. The third kappa shape index (κ3) is 6.22. The van der Waals surface area contributed by atoms with Crippen LogP contribution in [-0.4, -0.2) is 74.0 Å². The van der Waals surface area contributed by atoms with Crippen LogP contribution in [0.15, 0.2) is 48.5 Å². The maximum absolute atomic E-state index is 13.4. The zero-order chi connectivity index (χ0) is 26.4. The number of hydrogen-bond acceptors (Lipinski definition) is 6. The predicted molar refractivity (Wildman–Crippen MR) is 139 cm³/mol. The quantitative estimate of drug-likeness (QED) is 0.566. The van der Waals surface area contributed by atoms with E-state index >= 15 is 0 Å². The largest absolute Gasteiger partial charge is 0.497 e. The Labute approximate surface area is 217 Å². The summed E-state index contributed by atoms with van der Waals surface area (Å²) in [5, 5.41) is 2.91. The van der Waals surface area contributed by atoms with E-state index in [-0.39, 0.29) is 23.8 Å². The molecule has 1 heterocycles. The van der Waals surface area contributed by atoms with Crippen molar-refractivity contribution >= 4 is 17.7 Å². The Bertz CT molecular complexity index is 1080. The molecule has 0 aromatic heterocycles. The number of primary amides is 1. The highest BCUT2D eigenvalue weighted by molar-refractivity contribution is 5.95. The Balaban J connectivity index is 1.41. The summed E-state index contributed by atoms with van der Waals surface area (Å²) in [7, 11) is 3.12. The van der Waals surface area contributed by atoms with E-state index in [9.17, 15) is 14.4 Å². The van der Waals surface area contributed by atoms with Crippen molar-refractivity contribution in [2.24, 2.45) is 11.7 Å². The van der Waals surface area contributed by atoms with E-state index in [1.165, 1.54) is 0 Å². The summed E-state index contributed by atoms with van der Waals surface area (Å²) in [6, 6.07) is 13.5. The zero-order valence-corrected chi connectivity index (χ0v) is 21.5. The van der Waals surface area contributed by atoms with Crippen molar-refractivity contribution in [2.45, 2.75) is 37.8 Å². The summed E-state index contributed by atoms with van der Waals surface area (Å²) >= 11 is 0. The second-order valence-electron chi connectivity index (χ2n) is 9.64. The Morgan fingerprint density at radius 2 is 1.54 bits per heavy atom. The highest BCUT2D eigenvalue weighted by Gasteiger charge is 2.38. The number of nitrogens with one attached hydrogen (secondary N) is 1. The van der Waals surface area contributed by atoms with E-state index in [2.05, 4.69) is 10.2 Å². The minimum absolute atomic E-state index is 0.0622. The maximum atomic E-state index is 13.4. The van der Waals surface area contributed by atoms with E-state index in [1.54, 1.807) is 44.6 Å². The third-order valence-electron chi connectivity index (χ3n) is 7.44. The summed E-state index contributed by atoms with van der Waals surface area (Å²) in [5.74, 6) is 0.128. The molecule has 2 aromatic carbocycles. The summed E-state index contributed by atoms with van der Waals surface area (Å²) in [6.07, 6.45) is 3.69. The zero-order valence-electron chi connectivity index (χ0n) is 21.5. The Morgan fingerprint density at radius 1 is 0.919 bits per heavy atom. The maximum Gasteiger partial charge on any atom is 0.254 e. The van der Waals surface area contributed by atoms with Crippen LogP contribution < -0.4 is 20.5 Å². The van der Waals surface area contributed by atoms with Gasteiger partial charge in [-0.25, -0.2) is 0 Å². The molecule has 3 atom stereocenters. The molecule has 1 saturated heterocycles. The average Bonchev–Trinajstić information content (AvgIpc) is 2.95. The molecular weight excluding hydrogens is 472 g/mol. The normalized spacial score (nSPS) is 21.1. The van der Waals surface area contributed by atoms with Crippen LogP contribution in [0.2, 0.25) is 0 Å². The lowest BCUT2D eigenvalue weighted by molar-refractivity contribution is -0.133. The minimum atomic E-state index is -0.856.